The Hall–Kier alpha value is -8.64. The summed E-state index contributed by atoms with van der Waals surface area (Å²) in [5.74, 6) is 3.14. The summed E-state index contributed by atoms with van der Waals surface area (Å²) in [5, 5.41) is 28.0. The number of aliphatic hydroxyl groups is 3. The van der Waals surface area contributed by atoms with Gasteiger partial charge in [0.1, 0.15) is 0 Å². The SMILES string of the molecule is CC(C)CC(=O)C=C(O)CC(C)C.CC(C)CC(=O)C=C(O)CC(C)C.CC(C)CC(=O)C=C(O)CC(C)C.Cc1[c-]c(-c2cc3c(cn2)-c2ccccc2C3=O)cc(C)c1.Cc1[c-]c(-c2cc3c(cn2)C(=O)c2ccccc2-3)cc(C)c1.Cc1[c-]c(-c2nccc3c2C(=O)c2ccccc2-3)cc(C)c1.[Ir].[Ir].[Ir]. The minimum atomic E-state index is 0. The summed E-state index contributed by atoms with van der Waals surface area (Å²) in [4.78, 5) is 84.9. The molecule has 3 radical (unpaired) electrons. The van der Waals surface area contributed by atoms with E-state index < -0.39 is 0 Å². The molecular formula is C93H102Ir3N3O9-3. The minimum absolute atomic E-state index is 0. The monoisotopic (exact) mass is 1980 g/mol. The van der Waals surface area contributed by atoms with Gasteiger partial charge in [-0.2, -0.15) is 0 Å². The van der Waals surface area contributed by atoms with E-state index in [1.807, 2.05) is 214 Å². The Bertz CT molecular complexity index is 4590. The minimum Gasteiger partial charge on any atom is -0.512 e. The van der Waals surface area contributed by atoms with Gasteiger partial charge >= 0.3 is 0 Å². The van der Waals surface area contributed by atoms with Crippen LogP contribution in [0.5, 0.6) is 0 Å². The van der Waals surface area contributed by atoms with Crippen LogP contribution in [0, 0.1) is 95.2 Å². The Morgan fingerprint density at radius 3 is 1.02 bits per heavy atom. The zero-order chi connectivity index (χ0) is 77.1. The van der Waals surface area contributed by atoms with Gasteiger partial charge in [-0.25, -0.2) is 0 Å². The number of carbonyl (C=O) groups excluding carboxylic acids is 6. The summed E-state index contributed by atoms with van der Waals surface area (Å²) in [5.41, 5.74) is 22.1. The second-order valence-corrected chi connectivity index (χ2v) is 30.1. The second-order valence-electron chi connectivity index (χ2n) is 30.1. The van der Waals surface area contributed by atoms with Crippen LogP contribution in [0.1, 0.15) is 203 Å². The molecule has 0 spiro atoms. The van der Waals surface area contributed by atoms with Gasteiger partial charge in [0, 0.05) is 175 Å². The Morgan fingerprint density at radius 1 is 0.343 bits per heavy atom. The molecule has 0 bridgehead atoms. The van der Waals surface area contributed by atoms with Crippen molar-refractivity contribution in [3.05, 3.63) is 266 Å². The number of carbonyl (C=O) groups is 6. The number of rotatable bonds is 18. The van der Waals surface area contributed by atoms with Gasteiger partial charge in [-0.3, -0.25) is 28.8 Å². The molecule has 3 aliphatic rings. The van der Waals surface area contributed by atoms with Gasteiger partial charge in [0.2, 0.25) is 0 Å². The molecule has 573 valence electrons. The third-order valence-corrected chi connectivity index (χ3v) is 16.8. The number of aliphatic hydroxyl groups excluding tert-OH is 3. The Kier molecular flexibility index (Phi) is 36.5. The van der Waals surface area contributed by atoms with Gasteiger partial charge in [0.05, 0.1) is 17.3 Å². The fraction of sp³-hybridized carbons (Fsp3) is 0.323. The van der Waals surface area contributed by atoms with Gasteiger partial charge in [0.15, 0.2) is 34.7 Å². The van der Waals surface area contributed by atoms with Crippen molar-refractivity contribution in [2.45, 2.75) is 163 Å². The molecule has 3 heterocycles. The molecule has 3 N–H and O–H groups in total. The number of fused-ring (bicyclic) bond motifs is 9. The average molecular weight is 1980 g/mol. The number of nitrogens with zero attached hydrogens (tertiary/aromatic N) is 3. The third-order valence-electron chi connectivity index (χ3n) is 16.8. The summed E-state index contributed by atoms with van der Waals surface area (Å²) in [6.07, 6.45) is 12.7. The summed E-state index contributed by atoms with van der Waals surface area (Å²) < 4.78 is 0. The standard InChI is InChI=1S/3C20H14NO.3C11H20O2.3Ir/c1-12-7-13(2)9-14(8-12)19-10-17-18(11-21-19)15-5-3-4-6-16(15)20(17)22;1-12-7-13(2)9-14(8-12)19-10-17-15-5-3-4-6-16(15)20(22)18(17)11-21-19;1-12-9-13(2)11-14(10-12)19-18-16(7-8-21-19)15-5-3-4-6-17(15)20(18)22;3*1-8(2)5-10(12)7-11(13)6-9(3)4;;;/h2*3-8,10-11H,1-2H3;3-10H,1-2H3;3*7-9,12H,5-6H2,1-4H3;;;/q3*-1;;;;;;. The molecule has 12 nitrogen and oxygen atoms in total. The summed E-state index contributed by atoms with van der Waals surface area (Å²) in [7, 11) is 0. The Labute approximate surface area is 681 Å². The van der Waals surface area contributed by atoms with Gasteiger partial charge in [0.25, 0.3) is 0 Å². The van der Waals surface area contributed by atoms with Crippen LogP contribution in [0.4, 0.5) is 0 Å². The predicted octanol–water partition coefficient (Wildman–Crippen LogP) is 22.4. The fourth-order valence-corrected chi connectivity index (χ4v) is 12.8. The van der Waals surface area contributed by atoms with E-state index in [9.17, 15) is 44.1 Å². The maximum Gasteiger partial charge on any atom is 0.195 e. The van der Waals surface area contributed by atoms with E-state index in [0.29, 0.717) is 85.2 Å². The van der Waals surface area contributed by atoms with Gasteiger partial charge in [-0.05, 0) is 86.5 Å². The Balaban J connectivity index is 0.000000278. The average Bonchev–Trinajstić information content (AvgIpc) is 1.62. The van der Waals surface area contributed by atoms with Crippen molar-refractivity contribution in [1.82, 2.24) is 15.0 Å². The molecule has 108 heavy (non-hydrogen) atoms. The molecule has 12 rings (SSSR count). The van der Waals surface area contributed by atoms with Crippen LogP contribution >= 0.6 is 0 Å². The maximum atomic E-state index is 12.8. The molecule has 0 saturated carbocycles. The fourth-order valence-electron chi connectivity index (χ4n) is 12.8. The number of hydrogen-bond acceptors (Lipinski definition) is 12. The van der Waals surface area contributed by atoms with Crippen molar-refractivity contribution in [3.8, 4) is 67.2 Å². The topological polar surface area (TPSA) is 202 Å². The quantitative estimate of drug-likeness (QED) is 0.0417. The van der Waals surface area contributed by atoms with Crippen molar-refractivity contribution < 1.29 is 104 Å². The molecule has 15 heteroatoms. The first-order valence-electron chi connectivity index (χ1n) is 36.4. The van der Waals surface area contributed by atoms with E-state index >= 15 is 0 Å². The number of benzene rings is 6. The van der Waals surface area contributed by atoms with Crippen LogP contribution < -0.4 is 0 Å². The number of ketones is 6. The van der Waals surface area contributed by atoms with E-state index in [0.717, 1.165) is 112 Å². The van der Waals surface area contributed by atoms with Crippen molar-refractivity contribution >= 4 is 34.7 Å². The van der Waals surface area contributed by atoms with E-state index in [1.54, 1.807) is 18.6 Å². The van der Waals surface area contributed by atoms with Gasteiger partial charge < -0.3 is 30.3 Å². The van der Waals surface area contributed by atoms with Crippen LogP contribution in [0.2, 0.25) is 0 Å². The molecular weight excluding hydrogens is 1880 g/mol. The number of aromatic nitrogens is 3. The normalized spacial score (nSPS) is 12.0. The summed E-state index contributed by atoms with van der Waals surface area (Å²) in [6.45, 7) is 36.2. The first-order chi connectivity index (χ1) is 49.7. The van der Waals surface area contributed by atoms with Crippen molar-refractivity contribution in [2.24, 2.45) is 35.5 Å². The number of pyridine rings is 3. The van der Waals surface area contributed by atoms with E-state index in [4.69, 9.17) is 0 Å². The molecule has 3 aliphatic carbocycles. The molecule has 0 saturated heterocycles. The van der Waals surface area contributed by atoms with Crippen LogP contribution in [-0.2, 0) is 74.7 Å². The number of allylic oxidation sites excluding steroid dienone is 6. The molecule has 0 unspecified atom stereocenters. The zero-order valence-corrected chi connectivity index (χ0v) is 72.6. The van der Waals surface area contributed by atoms with Crippen molar-refractivity contribution in [1.29, 1.82) is 0 Å². The molecule has 9 aromatic rings. The smallest absolute Gasteiger partial charge is 0.195 e. The van der Waals surface area contributed by atoms with Crippen LogP contribution in [0.3, 0.4) is 0 Å². The van der Waals surface area contributed by atoms with E-state index in [-0.39, 0.29) is 112 Å². The zero-order valence-electron chi connectivity index (χ0n) is 65.4. The van der Waals surface area contributed by atoms with Crippen LogP contribution in [-0.4, -0.2) is 65.0 Å². The van der Waals surface area contributed by atoms with Crippen LogP contribution in [0.15, 0.2) is 181 Å². The number of aryl methyl sites for hydroxylation is 6. The first-order valence-corrected chi connectivity index (χ1v) is 36.4. The second kappa shape index (κ2) is 42.9. The maximum absolute atomic E-state index is 12.8. The molecule has 6 aromatic carbocycles. The summed E-state index contributed by atoms with van der Waals surface area (Å²) in [6, 6.07) is 51.4. The summed E-state index contributed by atoms with van der Waals surface area (Å²) >= 11 is 0. The number of hydrogen-bond donors (Lipinski definition) is 3. The van der Waals surface area contributed by atoms with Crippen LogP contribution in [0.25, 0.3) is 67.2 Å². The largest absolute Gasteiger partial charge is 0.512 e. The molecule has 3 aromatic heterocycles. The van der Waals surface area contributed by atoms with Crippen molar-refractivity contribution in [2.75, 3.05) is 0 Å². The van der Waals surface area contributed by atoms with Crippen molar-refractivity contribution in [3.63, 3.8) is 0 Å². The van der Waals surface area contributed by atoms with E-state index in [2.05, 4.69) is 71.3 Å². The van der Waals surface area contributed by atoms with E-state index in [1.165, 1.54) is 29.4 Å². The molecule has 0 atom stereocenters. The first kappa shape index (κ1) is 91.7. The molecule has 0 amide bonds. The van der Waals surface area contributed by atoms with Gasteiger partial charge in [-0.15, -0.1) is 105 Å². The third kappa shape index (κ3) is 26.6. The predicted molar refractivity (Wildman–Crippen MR) is 424 cm³/mol. The molecule has 0 fully saturated rings. The van der Waals surface area contributed by atoms with Gasteiger partial charge in [-0.1, -0.05) is 210 Å². The Morgan fingerprint density at radius 2 is 0.648 bits per heavy atom. The molecule has 0 aliphatic heterocycles.